The summed E-state index contributed by atoms with van der Waals surface area (Å²) in [5.74, 6) is 1.25. The Morgan fingerprint density at radius 2 is 2.50 bits per heavy atom. The molecule has 2 unspecified atom stereocenters. The van der Waals surface area contributed by atoms with Crippen molar-refractivity contribution in [2.45, 2.75) is 44.0 Å². The minimum Gasteiger partial charge on any atom is -0.315 e. The van der Waals surface area contributed by atoms with Crippen molar-refractivity contribution in [3.8, 4) is 0 Å². The van der Waals surface area contributed by atoms with E-state index in [-0.39, 0.29) is 22.7 Å². The topological polar surface area (TPSA) is 78.1 Å². The van der Waals surface area contributed by atoms with Crippen LogP contribution in [-0.4, -0.2) is 43.6 Å². The molecule has 2 atom stereocenters. The van der Waals surface area contributed by atoms with Crippen LogP contribution < -0.4 is 5.32 Å². The van der Waals surface area contributed by atoms with E-state index >= 15 is 0 Å². The molecule has 3 heterocycles. The lowest BCUT2D eigenvalue weighted by atomic mass is 10.2. The number of aryl methyl sites for hydroxylation is 1. The summed E-state index contributed by atoms with van der Waals surface area (Å²) in [6.45, 7) is 4.05. The summed E-state index contributed by atoms with van der Waals surface area (Å²) >= 11 is 1.70. The van der Waals surface area contributed by atoms with Crippen LogP contribution in [0.1, 0.15) is 32.3 Å². The van der Waals surface area contributed by atoms with Crippen molar-refractivity contribution >= 4 is 29.4 Å². The molecule has 1 aromatic heterocycles. The van der Waals surface area contributed by atoms with Crippen LogP contribution in [0.5, 0.6) is 0 Å². The average Bonchev–Trinajstić information content (AvgIpc) is 3.06. The van der Waals surface area contributed by atoms with Gasteiger partial charge in [-0.2, -0.15) is 5.10 Å². The lowest BCUT2D eigenvalue weighted by Crippen LogP contribution is -2.48. The molecule has 2 saturated heterocycles. The van der Waals surface area contributed by atoms with Gasteiger partial charge < -0.3 is 10.2 Å². The summed E-state index contributed by atoms with van der Waals surface area (Å²) in [5, 5.41) is 9.61. The van der Waals surface area contributed by atoms with E-state index < -0.39 is 0 Å². The summed E-state index contributed by atoms with van der Waals surface area (Å²) in [6, 6.07) is -0.381. The van der Waals surface area contributed by atoms with Crippen molar-refractivity contribution in [3.05, 3.63) is 11.8 Å². The molecule has 1 aromatic rings. The fourth-order valence-electron chi connectivity index (χ4n) is 2.91. The second kappa shape index (κ2) is 4.80. The third-order valence-corrected chi connectivity index (χ3v) is 5.60. The molecule has 20 heavy (non-hydrogen) atoms. The zero-order valence-corrected chi connectivity index (χ0v) is 12.4. The molecule has 0 radical (unpaired) electrons. The lowest BCUT2D eigenvalue weighted by Gasteiger charge is -2.29. The number of nitrogens with one attached hydrogen (secondary N) is 2. The van der Waals surface area contributed by atoms with Gasteiger partial charge in [0.1, 0.15) is 11.9 Å². The number of thioether (sulfide) groups is 1. The maximum absolute atomic E-state index is 12.4. The fourth-order valence-corrected chi connectivity index (χ4v) is 4.34. The molecule has 6 nitrogen and oxygen atoms in total. The molecule has 2 aliphatic rings. The van der Waals surface area contributed by atoms with Crippen LogP contribution in [0.25, 0.3) is 0 Å². The summed E-state index contributed by atoms with van der Waals surface area (Å²) in [5.41, 5.74) is 0.972. The molecule has 108 valence electrons. The number of anilines is 1. The Labute approximate surface area is 121 Å². The third-order valence-electron chi connectivity index (χ3n) is 4.09. The van der Waals surface area contributed by atoms with Crippen molar-refractivity contribution < 1.29 is 9.59 Å². The van der Waals surface area contributed by atoms with Crippen molar-refractivity contribution in [1.82, 2.24) is 15.1 Å². The highest BCUT2D eigenvalue weighted by atomic mass is 32.2. The maximum Gasteiger partial charge on any atom is 0.249 e. The largest absolute Gasteiger partial charge is 0.315 e. The van der Waals surface area contributed by atoms with Gasteiger partial charge in [-0.1, -0.05) is 6.92 Å². The Bertz CT molecular complexity index is 558. The molecule has 7 heteroatoms. The normalized spacial score (nSPS) is 28.8. The Balaban J connectivity index is 1.77. The lowest BCUT2D eigenvalue weighted by molar-refractivity contribution is -0.135. The number of rotatable bonds is 3. The molecule has 2 aliphatic heterocycles. The van der Waals surface area contributed by atoms with E-state index in [2.05, 4.69) is 15.5 Å². The molecule has 3 rings (SSSR count). The van der Waals surface area contributed by atoms with Gasteiger partial charge in [0.15, 0.2) is 0 Å². The van der Waals surface area contributed by atoms with E-state index in [0.717, 1.165) is 18.4 Å². The van der Waals surface area contributed by atoms with Gasteiger partial charge in [0.05, 0.1) is 11.1 Å². The number of amides is 2. The number of carbonyl (C=O) groups is 2. The molecule has 0 aliphatic carbocycles. The number of aromatic nitrogens is 2. The van der Waals surface area contributed by atoms with Crippen molar-refractivity contribution in [3.63, 3.8) is 0 Å². The van der Waals surface area contributed by atoms with Crippen LogP contribution in [0.2, 0.25) is 0 Å². The fraction of sp³-hybridized carbons (Fsp3) is 0.615. The molecule has 2 fully saturated rings. The van der Waals surface area contributed by atoms with Crippen LogP contribution in [0, 0.1) is 0 Å². The Morgan fingerprint density at radius 3 is 3.25 bits per heavy atom. The molecule has 0 saturated carbocycles. The number of hydrogen-bond acceptors (Lipinski definition) is 4. The number of hydrogen-bond donors (Lipinski definition) is 2. The molecule has 0 aromatic carbocycles. The van der Waals surface area contributed by atoms with Gasteiger partial charge in [-0.3, -0.25) is 14.7 Å². The average molecular weight is 294 g/mol. The van der Waals surface area contributed by atoms with E-state index in [1.54, 1.807) is 22.9 Å². The number of carbonyl (C=O) groups excluding carboxylic acids is 2. The van der Waals surface area contributed by atoms with Crippen molar-refractivity contribution in [2.24, 2.45) is 0 Å². The Hall–Kier alpha value is -1.50. The summed E-state index contributed by atoms with van der Waals surface area (Å²) in [6.07, 6.45) is 3.87. The summed E-state index contributed by atoms with van der Waals surface area (Å²) < 4.78 is 0. The first-order chi connectivity index (χ1) is 9.55. The molecular formula is C13H18N4O2S. The van der Waals surface area contributed by atoms with E-state index in [1.165, 1.54) is 0 Å². The van der Waals surface area contributed by atoms with Gasteiger partial charge in [0.25, 0.3) is 0 Å². The SMILES string of the molecule is CCc1cn[nH]c1NC(=O)C1CSC2(C)CCC(=O)N12. The number of fused-ring (bicyclic) bond motifs is 1. The first-order valence-electron chi connectivity index (χ1n) is 6.84. The van der Waals surface area contributed by atoms with Crippen LogP contribution in [-0.2, 0) is 16.0 Å². The Morgan fingerprint density at radius 1 is 1.70 bits per heavy atom. The molecular weight excluding hydrogens is 276 g/mol. The molecule has 2 amide bonds. The van der Waals surface area contributed by atoms with E-state index in [4.69, 9.17) is 0 Å². The van der Waals surface area contributed by atoms with Gasteiger partial charge in [-0.15, -0.1) is 11.8 Å². The highest BCUT2D eigenvalue weighted by molar-refractivity contribution is 8.01. The standard InChI is InChI=1S/C13H18N4O2S/c1-3-8-6-14-16-11(8)15-12(19)9-7-20-13(2)5-4-10(18)17(9)13/h6,9H,3-5,7H2,1-2H3,(H2,14,15,16,19). The van der Waals surface area contributed by atoms with Crippen molar-refractivity contribution in [1.29, 1.82) is 0 Å². The Kier molecular flexibility index (Phi) is 3.24. The smallest absolute Gasteiger partial charge is 0.249 e. The molecule has 2 N–H and O–H groups in total. The summed E-state index contributed by atoms with van der Waals surface area (Å²) in [4.78, 5) is 26.0. The monoisotopic (exact) mass is 294 g/mol. The quantitative estimate of drug-likeness (QED) is 0.882. The second-order valence-corrected chi connectivity index (χ2v) is 6.88. The predicted molar refractivity (Wildman–Crippen MR) is 77.3 cm³/mol. The number of aromatic amines is 1. The molecule has 0 spiro atoms. The molecule has 0 bridgehead atoms. The highest BCUT2D eigenvalue weighted by Crippen LogP contribution is 2.47. The van der Waals surface area contributed by atoms with Crippen LogP contribution >= 0.6 is 11.8 Å². The first kappa shape index (κ1) is 13.5. The summed E-state index contributed by atoms with van der Waals surface area (Å²) in [7, 11) is 0. The second-order valence-electron chi connectivity index (χ2n) is 5.38. The minimum atomic E-state index is -0.381. The number of H-pyrrole nitrogens is 1. The van der Waals surface area contributed by atoms with E-state index in [0.29, 0.717) is 18.0 Å². The van der Waals surface area contributed by atoms with E-state index in [1.807, 2.05) is 13.8 Å². The maximum atomic E-state index is 12.4. The zero-order valence-electron chi connectivity index (χ0n) is 11.6. The van der Waals surface area contributed by atoms with Gasteiger partial charge in [0, 0.05) is 17.7 Å². The third kappa shape index (κ3) is 2.00. The van der Waals surface area contributed by atoms with Gasteiger partial charge >= 0.3 is 0 Å². The van der Waals surface area contributed by atoms with Gasteiger partial charge in [-0.25, -0.2) is 0 Å². The van der Waals surface area contributed by atoms with Gasteiger partial charge in [0.2, 0.25) is 11.8 Å². The first-order valence-corrected chi connectivity index (χ1v) is 7.83. The minimum absolute atomic E-state index is 0.0815. The van der Waals surface area contributed by atoms with Crippen LogP contribution in [0.4, 0.5) is 5.82 Å². The van der Waals surface area contributed by atoms with Crippen LogP contribution in [0.15, 0.2) is 6.20 Å². The number of nitrogens with zero attached hydrogens (tertiary/aromatic N) is 2. The van der Waals surface area contributed by atoms with E-state index in [9.17, 15) is 9.59 Å². The van der Waals surface area contributed by atoms with Crippen molar-refractivity contribution in [2.75, 3.05) is 11.1 Å². The van der Waals surface area contributed by atoms with Crippen LogP contribution in [0.3, 0.4) is 0 Å². The highest BCUT2D eigenvalue weighted by Gasteiger charge is 2.52. The predicted octanol–water partition coefficient (Wildman–Crippen LogP) is 1.36. The zero-order chi connectivity index (χ0) is 14.3. The van der Waals surface area contributed by atoms with Gasteiger partial charge in [-0.05, 0) is 19.8 Å².